The number of carbonyl (C=O) groups is 2. The second kappa shape index (κ2) is 8.16. The SMILES string of the molecule is CN(C)CCN1C(=O)C(=O)C(=C(O)c2ccc3c(c2)OCCO3)[C@H]1c1cccnc1. The smallest absolute Gasteiger partial charge is 0.295 e. The van der Waals surface area contributed by atoms with Gasteiger partial charge in [0.25, 0.3) is 11.7 Å². The molecule has 2 aliphatic heterocycles. The number of benzene rings is 1. The number of aromatic nitrogens is 1. The van der Waals surface area contributed by atoms with Gasteiger partial charge in [0, 0.05) is 31.0 Å². The number of ketones is 1. The molecule has 1 aromatic heterocycles. The minimum absolute atomic E-state index is 0.0448. The van der Waals surface area contributed by atoms with Crippen molar-refractivity contribution in [1.82, 2.24) is 14.8 Å². The number of hydrogen-bond acceptors (Lipinski definition) is 7. The number of ether oxygens (including phenoxy) is 2. The van der Waals surface area contributed by atoms with Gasteiger partial charge in [-0.15, -0.1) is 0 Å². The van der Waals surface area contributed by atoms with E-state index in [9.17, 15) is 14.7 Å². The summed E-state index contributed by atoms with van der Waals surface area (Å²) in [6.07, 6.45) is 3.23. The van der Waals surface area contributed by atoms with E-state index in [0.29, 0.717) is 48.9 Å². The van der Waals surface area contributed by atoms with Gasteiger partial charge in [0.1, 0.15) is 19.0 Å². The predicted octanol–water partition coefficient (Wildman–Crippen LogP) is 1.84. The van der Waals surface area contributed by atoms with E-state index in [1.165, 1.54) is 4.90 Å². The number of likely N-dealkylation sites (tertiary alicyclic amines) is 1. The maximum absolute atomic E-state index is 12.9. The van der Waals surface area contributed by atoms with Crippen LogP contribution in [0.5, 0.6) is 11.5 Å². The summed E-state index contributed by atoms with van der Waals surface area (Å²) in [5.41, 5.74) is 1.09. The Hall–Kier alpha value is -3.39. The number of aliphatic hydroxyl groups excluding tert-OH is 1. The Kier molecular flexibility index (Phi) is 5.41. The molecular weight excluding hydrogens is 386 g/mol. The molecule has 1 aromatic carbocycles. The summed E-state index contributed by atoms with van der Waals surface area (Å²) in [5, 5.41) is 11.1. The van der Waals surface area contributed by atoms with Crippen molar-refractivity contribution < 1.29 is 24.2 Å². The van der Waals surface area contributed by atoms with Crippen LogP contribution in [0.25, 0.3) is 5.76 Å². The van der Waals surface area contributed by atoms with Crippen molar-refractivity contribution in [2.45, 2.75) is 6.04 Å². The minimum atomic E-state index is -0.716. The Morgan fingerprint density at radius 2 is 1.97 bits per heavy atom. The van der Waals surface area contributed by atoms with Gasteiger partial charge in [0.2, 0.25) is 0 Å². The molecule has 30 heavy (non-hydrogen) atoms. The lowest BCUT2D eigenvalue weighted by Crippen LogP contribution is -2.35. The summed E-state index contributed by atoms with van der Waals surface area (Å²) in [6.45, 7) is 1.78. The van der Waals surface area contributed by atoms with Crippen molar-refractivity contribution in [2.75, 3.05) is 40.4 Å². The molecule has 2 aliphatic rings. The van der Waals surface area contributed by atoms with Crippen molar-refractivity contribution in [3.63, 3.8) is 0 Å². The molecule has 8 heteroatoms. The summed E-state index contributed by atoms with van der Waals surface area (Å²) in [4.78, 5) is 33.3. The number of fused-ring (bicyclic) bond motifs is 1. The molecule has 1 fully saturated rings. The Bertz CT molecular complexity index is 1000. The van der Waals surface area contributed by atoms with E-state index in [1.807, 2.05) is 19.0 Å². The highest BCUT2D eigenvalue weighted by atomic mass is 16.6. The van der Waals surface area contributed by atoms with Crippen molar-refractivity contribution in [2.24, 2.45) is 0 Å². The molecule has 8 nitrogen and oxygen atoms in total. The molecule has 156 valence electrons. The van der Waals surface area contributed by atoms with Crippen LogP contribution in [0.3, 0.4) is 0 Å². The zero-order valence-corrected chi connectivity index (χ0v) is 16.9. The van der Waals surface area contributed by atoms with Crippen LogP contribution >= 0.6 is 0 Å². The topological polar surface area (TPSA) is 92.2 Å². The van der Waals surface area contributed by atoms with Gasteiger partial charge >= 0.3 is 0 Å². The number of amides is 1. The molecule has 0 unspecified atom stereocenters. The number of Topliss-reactive ketones (excluding diaryl/α,β-unsaturated/α-hetero) is 1. The molecule has 0 radical (unpaired) electrons. The van der Waals surface area contributed by atoms with Crippen LogP contribution in [0.4, 0.5) is 0 Å². The highest BCUT2D eigenvalue weighted by Gasteiger charge is 2.46. The van der Waals surface area contributed by atoms with Crippen LogP contribution in [0, 0.1) is 0 Å². The van der Waals surface area contributed by atoms with E-state index in [-0.39, 0.29) is 11.3 Å². The van der Waals surface area contributed by atoms with E-state index in [0.717, 1.165) is 0 Å². The predicted molar refractivity (Wildman–Crippen MR) is 109 cm³/mol. The van der Waals surface area contributed by atoms with E-state index in [1.54, 1.807) is 42.7 Å². The van der Waals surface area contributed by atoms with Crippen molar-refractivity contribution in [1.29, 1.82) is 0 Å². The van der Waals surface area contributed by atoms with Gasteiger partial charge in [-0.05, 0) is 43.9 Å². The third-order valence-electron chi connectivity index (χ3n) is 5.14. The summed E-state index contributed by atoms with van der Waals surface area (Å²) in [5.74, 6) is -0.524. The fourth-order valence-corrected chi connectivity index (χ4v) is 3.65. The van der Waals surface area contributed by atoms with Crippen LogP contribution < -0.4 is 9.47 Å². The molecule has 1 saturated heterocycles. The van der Waals surface area contributed by atoms with E-state index >= 15 is 0 Å². The number of hydrogen-bond donors (Lipinski definition) is 1. The van der Waals surface area contributed by atoms with Crippen LogP contribution in [0.1, 0.15) is 17.2 Å². The van der Waals surface area contributed by atoms with E-state index in [4.69, 9.17) is 9.47 Å². The number of aliphatic hydroxyl groups is 1. The third kappa shape index (κ3) is 3.61. The fourth-order valence-electron chi connectivity index (χ4n) is 3.65. The number of carbonyl (C=O) groups excluding carboxylic acids is 2. The normalized spacial score (nSPS) is 20.1. The fraction of sp³-hybridized carbons (Fsp3) is 0.318. The van der Waals surface area contributed by atoms with Crippen LogP contribution in [-0.2, 0) is 9.59 Å². The first-order valence-electron chi connectivity index (χ1n) is 9.70. The zero-order chi connectivity index (χ0) is 21.3. The molecule has 1 amide bonds. The van der Waals surface area contributed by atoms with Crippen LogP contribution in [0.2, 0.25) is 0 Å². The molecular formula is C22H23N3O5. The molecule has 0 spiro atoms. The van der Waals surface area contributed by atoms with E-state index < -0.39 is 17.7 Å². The molecule has 0 bridgehead atoms. The molecule has 0 saturated carbocycles. The number of pyridine rings is 1. The Labute approximate surface area is 174 Å². The second-order valence-electron chi connectivity index (χ2n) is 7.44. The molecule has 0 aliphatic carbocycles. The standard InChI is InChI=1S/C22H23N3O5/c1-24(2)8-9-25-19(15-4-3-7-23-13-15)18(21(27)22(25)28)20(26)14-5-6-16-17(12-14)30-11-10-29-16/h3-7,12-13,19,26H,8-11H2,1-2H3/t19-/m1/s1. The van der Waals surface area contributed by atoms with Gasteiger partial charge in [-0.3, -0.25) is 14.6 Å². The maximum Gasteiger partial charge on any atom is 0.295 e. The first-order chi connectivity index (χ1) is 14.5. The lowest BCUT2D eigenvalue weighted by atomic mass is 9.96. The van der Waals surface area contributed by atoms with Gasteiger partial charge in [0.15, 0.2) is 11.5 Å². The van der Waals surface area contributed by atoms with Crippen LogP contribution in [0.15, 0.2) is 48.3 Å². The Morgan fingerprint density at radius 3 is 2.67 bits per heavy atom. The van der Waals surface area contributed by atoms with E-state index in [2.05, 4.69) is 4.98 Å². The number of rotatable bonds is 5. The van der Waals surface area contributed by atoms with Crippen molar-refractivity contribution in [3.8, 4) is 11.5 Å². The largest absolute Gasteiger partial charge is 0.507 e. The van der Waals surface area contributed by atoms with Gasteiger partial charge in [-0.2, -0.15) is 0 Å². The first-order valence-corrected chi connectivity index (χ1v) is 9.70. The highest BCUT2D eigenvalue weighted by Crippen LogP contribution is 2.40. The molecule has 1 N–H and O–H groups in total. The quantitative estimate of drug-likeness (QED) is 0.458. The Morgan fingerprint density at radius 1 is 1.20 bits per heavy atom. The number of likely N-dealkylation sites (N-methyl/N-ethyl adjacent to an activating group) is 1. The average molecular weight is 409 g/mol. The molecule has 2 aromatic rings. The minimum Gasteiger partial charge on any atom is -0.507 e. The summed E-state index contributed by atoms with van der Waals surface area (Å²) in [7, 11) is 3.79. The summed E-state index contributed by atoms with van der Waals surface area (Å²) in [6, 6.07) is 7.78. The van der Waals surface area contributed by atoms with Gasteiger partial charge in [-0.25, -0.2) is 0 Å². The molecule has 1 atom stereocenters. The van der Waals surface area contributed by atoms with Gasteiger partial charge in [0.05, 0.1) is 11.6 Å². The second-order valence-corrected chi connectivity index (χ2v) is 7.44. The number of nitrogens with zero attached hydrogens (tertiary/aromatic N) is 3. The highest BCUT2D eigenvalue weighted by molar-refractivity contribution is 6.46. The summed E-state index contributed by atoms with van der Waals surface area (Å²) >= 11 is 0. The Balaban J connectivity index is 1.81. The first kappa shape index (κ1) is 19.9. The molecule has 3 heterocycles. The summed E-state index contributed by atoms with van der Waals surface area (Å²) < 4.78 is 11.1. The maximum atomic E-state index is 12.9. The van der Waals surface area contributed by atoms with Gasteiger partial charge < -0.3 is 24.4 Å². The zero-order valence-electron chi connectivity index (χ0n) is 16.9. The van der Waals surface area contributed by atoms with Crippen molar-refractivity contribution >= 4 is 17.4 Å². The average Bonchev–Trinajstić information content (AvgIpc) is 3.02. The lowest BCUT2D eigenvalue weighted by Gasteiger charge is -2.26. The third-order valence-corrected chi connectivity index (χ3v) is 5.14. The van der Waals surface area contributed by atoms with Crippen molar-refractivity contribution in [3.05, 3.63) is 59.4 Å². The monoisotopic (exact) mass is 409 g/mol. The van der Waals surface area contributed by atoms with Crippen LogP contribution in [-0.4, -0.2) is 72.0 Å². The lowest BCUT2D eigenvalue weighted by molar-refractivity contribution is -0.140. The molecule has 4 rings (SSSR count). The van der Waals surface area contributed by atoms with Gasteiger partial charge in [-0.1, -0.05) is 6.07 Å².